The van der Waals surface area contributed by atoms with Crippen molar-refractivity contribution in [3.8, 4) is 11.1 Å². The Morgan fingerprint density at radius 2 is 1.25 bits per heavy atom. The van der Waals surface area contributed by atoms with Crippen LogP contribution in [0, 0.1) is 5.82 Å². The summed E-state index contributed by atoms with van der Waals surface area (Å²) in [6, 6.07) is 39.4. The number of ether oxygens (including phenoxy) is 3. The van der Waals surface area contributed by atoms with Gasteiger partial charge >= 0.3 is 18.4 Å². The molecule has 3 fully saturated rings. The normalized spacial score (nSPS) is 17.6. The number of para-hydroxylation sites is 1. The van der Waals surface area contributed by atoms with Gasteiger partial charge in [0.25, 0.3) is 11.8 Å². The van der Waals surface area contributed by atoms with Gasteiger partial charge in [0, 0.05) is 108 Å². The molecular formula is C75H90Cl3F7N8O8. The number of nitrogens with one attached hydrogen (secondary N) is 2. The Hall–Kier alpha value is -7.51. The number of fused-ring (bicyclic) bond motifs is 2. The summed E-state index contributed by atoms with van der Waals surface area (Å²) < 4.78 is 116. The lowest BCUT2D eigenvalue weighted by molar-refractivity contribution is -0.143. The number of amides is 5. The average Bonchev–Trinajstić information content (AvgIpc) is 1.58. The Morgan fingerprint density at radius 3 is 1.93 bits per heavy atom. The maximum atomic E-state index is 14.2. The monoisotopic (exact) mass is 1470 g/mol. The molecule has 1 spiro atoms. The number of hydrogen-bond donors (Lipinski definition) is 2. The van der Waals surface area contributed by atoms with Gasteiger partial charge in [-0.15, -0.1) is 37.2 Å². The van der Waals surface area contributed by atoms with E-state index in [1.54, 1.807) is 36.0 Å². The second kappa shape index (κ2) is 36.6. The van der Waals surface area contributed by atoms with Gasteiger partial charge in [0.2, 0.25) is 11.8 Å². The SMILES string of the molecule is CN(CCN1CCC(OC(=O)Nc2ccccc2-c2ccccc2)CC1)C(=O)CCCCCCNc1ccc(C(=O)N(C)CCCN(C)C(=O)CO[C@H]2Cc3ccccc3C23CCN(CC[C@]2(c4ccc(F)cc4)CN(C(=O)c4cc(C(F)(F)F)cc(C(F)(F)F)c4)CO2)CC3)cc1.Cl.Cl.Cl. The van der Waals surface area contributed by atoms with Crippen LogP contribution >= 0.6 is 37.2 Å². The number of piperidine rings is 2. The number of halogens is 10. The third kappa shape index (κ3) is 21.1. The van der Waals surface area contributed by atoms with Crippen LogP contribution in [0.2, 0.25) is 0 Å². The summed E-state index contributed by atoms with van der Waals surface area (Å²) in [5.74, 6) is -1.79. The maximum Gasteiger partial charge on any atom is 0.416 e. The van der Waals surface area contributed by atoms with Crippen molar-refractivity contribution in [2.24, 2.45) is 0 Å². The molecule has 0 saturated carbocycles. The van der Waals surface area contributed by atoms with Crippen LogP contribution in [0.15, 0.2) is 146 Å². The molecule has 3 saturated heterocycles. The van der Waals surface area contributed by atoms with Crippen LogP contribution in [0.3, 0.4) is 0 Å². The summed E-state index contributed by atoms with van der Waals surface area (Å²) in [4.78, 5) is 77.4. The smallest absolute Gasteiger partial charge is 0.416 e. The quantitative estimate of drug-likeness (QED) is 0.0374. The van der Waals surface area contributed by atoms with Gasteiger partial charge in [-0.05, 0) is 154 Å². The first kappa shape index (κ1) is 80.8. The number of carbonyl (C=O) groups excluding carboxylic acids is 5. The van der Waals surface area contributed by atoms with Crippen molar-refractivity contribution in [2.45, 2.75) is 113 Å². The third-order valence-corrected chi connectivity index (χ3v) is 19.8. The molecule has 26 heteroatoms. The summed E-state index contributed by atoms with van der Waals surface area (Å²) in [7, 11) is 5.32. The first-order chi connectivity index (χ1) is 47.0. The van der Waals surface area contributed by atoms with E-state index in [0.29, 0.717) is 100 Å². The van der Waals surface area contributed by atoms with Crippen LogP contribution in [0.1, 0.15) is 119 Å². The average molecular weight is 1470 g/mol. The molecule has 6 aromatic rings. The molecule has 548 valence electrons. The lowest BCUT2D eigenvalue weighted by Crippen LogP contribution is -2.50. The Bertz CT molecular complexity index is 3670. The number of alkyl halides is 6. The summed E-state index contributed by atoms with van der Waals surface area (Å²) in [6.45, 7) is 5.41. The van der Waals surface area contributed by atoms with Crippen LogP contribution in [0.25, 0.3) is 11.1 Å². The van der Waals surface area contributed by atoms with Crippen molar-refractivity contribution in [1.82, 2.24) is 29.4 Å². The number of carbonyl (C=O) groups is 5. The molecule has 0 unspecified atom stereocenters. The molecule has 2 atom stereocenters. The van der Waals surface area contributed by atoms with E-state index < -0.39 is 64.6 Å². The molecule has 0 radical (unpaired) electrons. The van der Waals surface area contributed by atoms with Crippen LogP contribution in [-0.4, -0.2) is 178 Å². The number of rotatable bonds is 27. The van der Waals surface area contributed by atoms with Crippen LogP contribution < -0.4 is 10.6 Å². The highest BCUT2D eigenvalue weighted by atomic mass is 35.5. The van der Waals surface area contributed by atoms with E-state index in [2.05, 4.69) is 32.6 Å². The topological polar surface area (TPSA) is 157 Å². The van der Waals surface area contributed by atoms with Gasteiger partial charge in [0.05, 0.1) is 29.5 Å². The molecule has 3 heterocycles. The largest absolute Gasteiger partial charge is 0.446 e. The van der Waals surface area contributed by atoms with E-state index in [4.69, 9.17) is 14.2 Å². The fourth-order valence-corrected chi connectivity index (χ4v) is 13.9. The van der Waals surface area contributed by atoms with Gasteiger partial charge in [-0.1, -0.05) is 97.8 Å². The molecule has 10 rings (SSSR count). The molecule has 4 aliphatic rings. The highest BCUT2D eigenvalue weighted by molar-refractivity contribution is 5.95. The van der Waals surface area contributed by atoms with E-state index in [1.165, 1.54) is 24.3 Å². The van der Waals surface area contributed by atoms with E-state index in [9.17, 15) is 54.7 Å². The Balaban J connectivity index is 0.00000477. The number of nitrogens with zero attached hydrogens (tertiary/aromatic N) is 6. The van der Waals surface area contributed by atoms with Crippen LogP contribution in [0.5, 0.6) is 0 Å². The first-order valence-corrected chi connectivity index (χ1v) is 33.8. The van der Waals surface area contributed by atoms with E-state index in [-0.39, 0.29) is 92.8 Å². The zero-order valence-electron chi connectivity index (χ0n) is 57.0. The molecular weight excluding hydrogens is 1380 g/mol. The molecule has 0 bridgehead atoms. The van der Waals surface area contributed by atoms with E-state index in [0.717, 1.165) is 97.5 Å². The standard InChI is InChI=1S/C75H87F7N8O8.3ClH/c1-85(37-15-38-87(3)69(93)54-23-29-61(30-24-54)83-36-14-5-4-9-22-67(91)86(2)44-45-88-39-31-62(32-40-88)98-71(95)84-65-21-13-11-19-63(65)53-16-7-6-8-17-53)68(92)50-96-66-48-55-18-10-12-20-64(55)72(66)33-41-89(42-34-72)43-35-73(57-25-27-60(76)28-26-57)51-90(52-97-73)70(94)56-46-58(74(77,78)79)49-59(47-56)75(80,81)82;;;/h6-8,10-13,16-21,23-30,46-47,49,62,66,83H,4-5,9,14-15,22,31-45,48,50-52H2,1-3H3,(H,84,95);3*1H/t66-,73+;;;/m0.../s1. The molecule has 0 aromatic heterocycles. The highest BCUT2D eigenvalue weighted by Crippen LogP contribution is 2.49. The summed E-state index contributed by atoms with van der Waals surface area (Å²) in [5, 5.41) is 6.37. The van der Waals surface area contributed by atoms with Crippen molar-refractivity contribution < 1.29 is 68.9 Å². The zero-order chi connectivity index (χ0) is 69.6. The second-order valence-electron chi connectivity index (χ2n) is 26.3. The second-order valence-corrected chi connectivity index (χ2v) is 26.3. The predicted octanol–water partition coefficient (Wildman–Crippen LogP) is 14.6. The van der Waals surface area contributed by atoms with Gasteiger partial charge in [-0.25, -0.2) is 9.18 Å². The summed E-state index contributed by atoms with van der Waals surface area (Å²) >= 11 is 0. The van der Waals surface area contributed by atoms with Crippen LogP contribution in [-0.2, 0) is 53.6 Å². The fraction of sp³-hybridized carbons (Fsp3) is 0.453. The van der Waals surface area contributed by atoms with Gasteiger partial charge in [0.1, 0.15) is 30.9 Å². The molecule has 5 amide bonds. The molecule has 6 aromatic carbocycles. The first-order valence-electron chi connectivity index (χ1n) is 33.8. The number of likely N-dealkylation sites (N-methyl/N-ethyl adjacent to an activating group) is 2. The minimum atomic E-state index is -5.15. The van der Waals surface area contributed by atoms with Gasteiger partial charge in [0.15, 0.2) is 0 Å². The lowest BCUT2D eigenvalue weighted by atomic mass is 9.72. The molecule has 16 nitrogen and oxygen atoms in total. The number of hydrogen-bond acceptors (Lipinski definition) is 11. The van der Waals surface area contributed by atoms with Crippen molar-refractivity contribution in [2.75, 3.05) is 117 Å². The zero-order valence-corrected chi connectivity index (χ0v) is 59.5. The predicted molar refractivity (Wildman–Crippen MR) is 381 cm³/mol. The Morgan fingerprint density at radius 1 is 0.634 bits per heavy atom. The van der Waals surface area contributed by atoms with E-state index >= 15 is 0 Å². The number of unbranched alkanes of at least 4 members (excludes halogenated alkanes) is 3. The minimum Gasteiger partial charge on any atom is -0.446 e. The maximum absolute atomic E-state index is 14.2. The van der Waals surface area contributed by atoms with Gasteiger partial charge in [-0.3, -0.25) is 24.5 Å². The number of benzene rings is 6. The fourth-order valence-electron chi connectivity index (χ4n) is 13.9. The van der Waals surface area contributed by atoms with Crippen molar-refractivity contribution in [3.05, 3.63) is 190 Å². The van der Waals surface area contributed by atoms with Gasteiger partial charge < -0.3 is 48.9 Å². The van der Waals surface area contributed by atoms with Crippen molar-refractivity contribution in [3.63, 3.8) is 0 Å². The van der Waals surface area contributed by atoms with Crippen molar-refractivity contribution >= 4 is 78.3 Å². The Kier molecular flexibility index (Phi) is 29.3. The summed E-state index contributed by atoms with van der Waals surface area (Å²) in [6.07, 6.45) is -2.84. The van der Waals surface area contributed by atoms with Crippen molar-refractivity contribution in [1.29, 1.82) is 0 Å². The highest BCUT2D eigenvalue weighted by Gasteiger charge is 2.50. The molecule has 1 aliphatic carbocycles. The van der Waals surface area contributed by atoms with Gasteiger partial charge in [-0.2, -0.15) is 26.3 Å². The lowest BCUT2D eigenvalue weighted by Gasteiger charge is -2.44. The summed E-state index contributed by atoms with van der Waals surface area (Å²) in [5.41, 5.74) is 1.23. The number of anilines is 2. The molecule has 3 aliphatic heterocycles. The Labute approximate surface area is 604 Å². The molecule has 101 heavy (non-hydrogen) atoms. The van der Waals surface area contributed by atoms with E-state index in [1.807, 2.05) is 90.8 Å². The number of likely N-dealkylation sites (tertiary alicyclic amines) is 2. The third-order valence-electron chi connectivity index (χ3n) is 19.8. The minimum absolute atomic E-state index is 0. The molecule has 2 N–H and O–H groups in total. The van der Waals surface area contributed by atoms with Crippen LogP contribution in [0.4, 0.5) is 46.9 Å².